The topological polar surface area (TPSA) is 52.5 Å². The molecule has 0 atom stereocenters. The summed E-state index contributed by atoms with van der Waals surface area (Å²) in [5, 5.41) is 23.0. The monoisotopic (exact) mass is 263 g/mol. The summed E-state index contributed by atoms with van der Waals surface area (Å²) in [6, 6.07) is 5.64. The fourth-order valence-corrected chi connectivity index (χ4v) is 2.84. The highest BCUT2D eigenvalue weighted by atomic mass is 16.3. The maximum atomic E-state index is 9.86. The smallest absolute Gasteiger partial charge is 0.120 e. The molecule has 19 heavy (non-hydrogen) atoms. The van der Waals surface area contributed by atoms with Crippen molar-refractivity contribution in [1.29, 1.82) is 0 Å². The van der Waals surface area contributed by atoms with Crippen LogP contribution in [0.15, 0.2) is 18.2 Å². The standard InChI is InChI=1S/C16H25NO2/c1-12-5-7-16(11-18,8-6-12)17-10-14-9-13(2)3-4-15(14)19/h3-4,9,12,17-19H,5-8,10-11H2,1-2H3. The van der Waals surface area contributed by atoms with Crippen LogP contribution < -0.4 is 5.32 Å². The summed E-state index contributed by atoms with van der Waals surface area (Å²) in [7, 11) is 0. The van der Waals surface area contributed by atoms with Gasteiger partial charge in [0.2, 0.25) is 0 Å². The van der Waals surface area contributed by atoms with Gasteiger partial charge in [-0.3, -0.25) is 0 Å². The Morgan fingerprint density at radius 2 is 2.00 bits per heavy atom. The first-order chi connectivity index (χ1) is 9.04. The lowest BCUT2D eigenvalue weighted by Crippen LogP contribution is -2.50. The molecule has 3 nitrogen and oxygen atoms in total. The first-order valence-electron chi connectivity index (χ1n) is 7.19. The lowest BCUT2D eigenvalue weighted by molar-refractivity contribution is 0.104. The molecule has 0 amide bonds. The molecule has 1 saturated carbocycles. The summed E-state index contributed by atoms with van der Waals surface area (Å²) in [6.45, 7) is 5.08. The van der Waals surface area contributed by atoms with E-state index in [9.17, 15) is 10.2 Å². The van der Waals surface area contributed by atoms with Crippen LogP contribution in [0.1, 0.15) is 43.7 Å². The zero-order valence-corrected chi connectivity index (χ0v) is 11.9. The van der Waals surface area contributed by atoms with E-state index >= 15 is 0 Å². The molecule has 1 aliphatic carbocycles. The first kappa shape index (κ1) is 14.4. The van der Waals surface area contributed by atoms with Crippen LogP contribution in [0.4, 0.5) is 0 Å². The zero-order valence-electron chi connectivity index (χ0n) is 11.9. The van der Waals surface area contributed by atoms with E-state index in [1.54, 1.807) is 6.07 Å². The van der Waals surface area contributed by atoms with Crippen molar-refractivity contribution in [3.8, 4) is 5.75 Å². The van der Waals surface area contributed by atoms with Crippen LogP contribution >= 0.6 is 0 Å². The van der Waals surface area contributed by atoms with Gasteiger partial charge in [0.25, 0.3) is 0 Å². The highest BCUT2D eigenvalue weighted by Crippen LogP contribution is 2.32. The Balaban J connectivity index is 2.01. The fraction of sp³-hybridized carbons (Fsp3) is 0.625. The number of rotatable bonds is 4. The minimum Gasteiger partial charge on any atom is -0.508 e. The quantitative estimate of drug-likeness (QED) is 0.783. The summed E-state index contributed by atoms with van der Waals surface area (Å²) in [5.74, 6) is 1.09. The number of aliphatic hydroxyl groups is 1. The molecule has 0 aromatic heterocycles. The number of hydrogen-bond donors (Lipinski definition) is 3. The summed E-state index contributed by atoms with van der Waals surface area (Å²) in [6.07, 6.45) is 4.34. The molecule has 0 radical (unpaired) electrons. The van der Waals surface area contributed by atoms with Gasteiger partial charge in [-0.05, 0) is 44.6 Å². The van der Waals surface area contributed by atoms with Crippen LogP contribution in [0, 0.1) is 12.8 Å². The largest absolute Gasteiger partial charge is 0.508 e. The highest BCUT2D eigenvalue weighted by molar-refractivity contribution is 5.35. The van der Waals surface area contributed by atoms with Crippen LogP contribution in [0.25, 0.3) is 0 Å². The van der Waals surface area contributed by atoms with Gasteiger partial charge in [0, 0.05) is 17.6 Å². The van der Waals surface area contributed by atoms with Crippen LogP contribution in [0.3, 0.4) is 0 Å². The van der Waals surface area contributed by atoms with Crippen molar-refractivity contribution in [3.05, 3.63) is 29.3 Å². The number of hydrogen-bond acceptors (Lipinski definition) is 3. The predicted octanol–water partition coefficient (Wildman–Crippen LogP) is 2.73. The number of phenolic OH excluding ortho intramolecular Hbond substituents is 1. The van der Waals surface area contributed by atoms with Gasteiger partial charge in [-0.2, -0.15) is 0 Å². The first-order valence-corrected chi connectivity index (χ1v) is 7.19. The molecule has 0 heterocycles. The Bertz CT molecular complexity index is 423. The maximum Gasteiger partial charge on any atom is 0.120 e. The molecule has 1 fully saturated rings. The average molecular weight is 263 g/mol. The van der Waals surface area contributed by atoms with Gasteiger partial charge >= 0.3 is 0 Å². The van der Waals surface area contributed by atoms with Crippen molar-refractivity contribution < 1.29 is 10.2 Å². The molecule has 2 rings (SSSR count). The van der Waals surface area contributed by atoms with E-state index < -0.39 is 0 Å². The third-order valence-corrected chi connectivity index (χ3v) is 4.42. The van der Waals surface area contributed by atoms with Gasteiger partial charge in [-0.25, -0.2) is 0 Å². The van der Waals surface area contributed by atoms with E-state index in [4.69, 9.17) is 0 Å². The number of aromatic hydroxyl groups is 1. The van der Waals surface area contributed by atoms with Gasteiger partial charge in [-0.1, -0.05) is 24.6 Å². The third-order valence-electron chi connectivity index (χ3n) is 4.42. The van der Waals surface area contributed by atoms with Crippen molar-refractivity contribution >= 4 is 0 Å². The molecule has 0 unspecified atom stereocenters. The summed E-state index contributed by atoms with van der Waals surface area (Å²) in [5.41, 5.74) is 1.89. The van der Waals surface area contributed by atoms with Crippen molar-refractivity contribution in [1.82, 2.24) is 5.32 Å². The summed E-state index contributed by atoms with van der Waals surface area (Å²) < 4.78 is 0. The van der Waals surface area contributed by atoms with Crippen molar-refractivity contribution in [2.24, 2.45) is 5.92 Å². The molecular weight excluding hydrogens is 238 g/mol. The molecule has 0 saturated heterocycles. The van der Waals surface area contributed by atoms with Gasteiger partial charge in [0.1, 0.15) is 5.75 Å². The molecular formula is C16H25NO2. The second-order valence-corrected chi connectivity index (χ2v) is 6.11. The van der Waals surface area contributed by atoms with Crippen LogP contribution in [-0.4, -0.2) is 22.4 Å². The average Bonchev–Trinajstić information content (AvgIpc) is 2.42. The fourth-order valence-electron chi connectivity index (χ4n) is 2.84. The van der Waals surface area contributed by atoms with E-state index in [-0.39, 0.29) is 12.1 Å². The van der Waals surface area contributed by atoms with Crippen LogP contribution in [0.2, 0.25) is 0 Å². The van der Waals surface area contributed by atoms with Crippen LogP contribution in [-0.2, 0) is 6.54 Å². The summed E-state index contributed by atoms with van der Waals surface area (Å²) >= 11 is 0. The molecule has 0 bridgehead atoms. The van der Waals surface area contributed by atoms with E-state index in [0.29, 0.717) is 12.3 Å². The minimum atomic E-state index is -0.164. The Morgan fingerprint density at radius 3 is 2.63 bits per heavy atom. The number of aryl methyl sites for hydroxylation is 1. The molecule has 3 N–H and O–H groups in total. The number of nitrogens with one attached hydrogen (secondary N) is 1. The normalized spacial score (nSPS) is 27.4. The Morgan fingerprint density at radius 1 is 1.32 bits per heavy atom. The van der Waals surface area contributed by atoms with E-state index in [1.807, 2.05) is 19.1 Å². The number of phenols is 1. The van der Waals surface area contributed by atoms with Gasteiger partial charge < -0.3 is 15.5 Å². The zero-order chi connectivity index (χ0) is 13.9. The van der Waals surface area contributed by atoms with E-state index in [0.717, 1.165) is 42.7 Å². The number of benzene rings is 1. The molecule has 0 aliphatic heterocycles. The van der Waals surface area contributed by atoms with E-state index in [1.165, 1.54) is 0 Å². The van der Waals surface area contributed by atoms with Crippen LogP contribution in [0.5, 0.6) is 5.75 Å². The molecule has 1 aromatic rings. The molecule has 3 heteroatoms. The lowest BCUT2D eigenvalue weighted by Gasteiger charge is -2.39. The predicted molar refractivity (Wildman–Crippen MR) is 77.1 cm³/mol. The number of aliphatic hydroxyl groups excluding tert-OH is 1. The van der Waals surface area contributed by atoms with Gasteiger partial charge in [-0.15, -0.1) is 0 Å². The minimum absolute atomic E-state index is 0.164. The molecule has 106 valence electrons. The van der Waals surface area contributed by atoms with Gasteiger partial charge in [0.15, 0.2) is 0 Å². The Hall–Kier alpha value is -1.06. The van der Waals surface area contributed by atoms with Gasteiger partial charge in [0.05, 0.1) is 6.61 Å². The highest BCUT2D eigenvalue weighted by Gasteiger charge is 2.33. The van der Waals surface area contributed by atoms with Crippen molar-refractivity contribution in [2.45, 2.75) is 51.6 Å². The second-order valence-electron chi connectivity index (χ2n) is 6.11. The third kappa shape index (κ3) is 3.48. The lowest BCUT2D eigenvalue weighted by atomic mass is 9.77. The Labute approximate surface area is 115 Å². The second kappa shape index (κ2) is 5.93. The maximum absolute atomic E-state index is 9.86. The van der Waals surface area contributed by atoms with Crippen molar-refractivity contribution in [2.75, 3.05) is 6.61 Å². The Kier molecular flexibility index (Phi) is 4.48. The molecule has 0 spiro atoms. The van der Waals surface area contributed by atoms with E-state index in [2.05, 4.69) is 12.2 Å². The molecule has 1 aromatic carbocycles. The SMILES string of the molecule is Cc1ccc(O)c(CNC2(CO)CCC(C)CC2)c1. The molecule has 1 aliphatic rings. The van der Waals surface area contributed by atoms with Crippen molar-refractivity contribution in [3.63, 3.8) is 0 Å². The summed E-state index contributed by atoms with van der Waals surface area (Å²) in [4.78, 5) is 0.